The molecule has 1 atom stereocenters. The van der Waals surface area contributed by atoms with Crippen LogP contribution in [0.4, 0.5) is 0 Å². The molecule has 0 saturated carbocycles. The van der Waals surface area contributed by atoms with Crippen molar-refractivity contribution in [2.75, 3.05) is 0 Å². The second-order valence-corrected chi connectivity index (χ2v) is 15.5. The van der Waals surface area contributed by atoms with Gasteiger partial charge in [-0.1, -0.05) is 170 Å². The van der Waals surface area contributed by atoms with Crippen molar-refractivity contribution in [3.63, 3.8) is 0 Å². The average molecular weight is 749 g/mol. The summed E-state index contributed by atoms with van der Waals surface area (Å²) in [4.78, 5) is 21.5. The maximum Gasteiger partial charge on any atom is 0.164 e. The van der Waals surface area contributed by atoms with Gasteiger partial charge in [0.05, 0.1) is 11.4 Å². The van der Waals surface area contributed by atoms with Crippen LogP contribution < -0.4 is 0 Å². The molecule has 0 spiro atoms. The summed E-state index contributed by atoms with van der Waals surface area (Å²) in [6.45, 7) is 0. The molecule has 5 heteroatoms. The van der Waals surface area contributed by atoms with E-state index in [1.807, 2.05) is 72.4 Å². The van der Waals surface area contributed by atoms with Gasteiger partial charge in [0.15, 0.2) is 17.5 Å². The minimum absolute atomic E-state index is 0.400. The van der Waals surface area contributed by atoms with Crippen molar-refractivity contribution >= 4 is 11.8 Å². The Kier molecular flexibility index (Phi) is 9.27. The molecule has 7 aromatic carbocycles. The molecule has 3 heterocycles. The normalized spacial score (nSPS) is 13.3. The lowest BCUT2D eigenvalue weighted by Crippen LogP contribution is -2.00. The summed E-state index contributed by atoms with van der Waals surface area (Å²) in [7, 11) is 0. The molecule has 9 aromatic rings. The van der Waals surface area contributed by atoms with Gasteiger partial charge in [0, 0.05) is 38.0 Å². The molecule has 0 radical (unpaired) electrons. The first kappa shape index (κ1) is 34.5. The fourth-order valence-corrected chi connectivity index (χ4v) is 8.83. The van der Waals surface area contributed by atoms with Gasteiger partial charge < -0.3 is 0 Å². The summed E-state index contributed by atoms with van der Waals surface area (Å²) in [5, 5.41) is 0.400. The van der Waals surface area contributed by atoms with E-state index in [1.165, 1.54) is 21.6 Å². The fraction of sp³-hybridized carbons (Fsp3) is 0.0385. The van der Waals surface area contributed by atoms with Crippen LogP contribution in [-0.4, -0.2) is 19.9 Å². The minimum Gasteiger partial charge on any atom is -0.248 e. The Labute approximate surface area is 337 Å². The minimum atomic E-state index is 0.400. The smallest absolute Gasteiger partial charge is 0.164 e. The number of benzene rings is 7. The molecular formula is C52H36N4S. The van der Waals surface area contributed by atoms with Crippen LogP contribution in [0.15, 0.2) is 205 Å². The Morgan fingerprint density at radius 2 is 0.789 bits per heavy atom. The van der Waals surface area contributed by atoms with E-state index >= 15 is 0 Å². The van der Waals surface area contributed by atoms with Gasteiger partial charge in [-0.2, -0.15) is 0 Å². The van der Waals surface area contributed by atoms with Crippen LogP contribution in [-0.2, 0) is 6.42 Å². The van der Waals surface area contributed by atoms with E-state index in [0.29, 0.717) is 22.7 Å². The Morgan fingerprint density at radius 3 is 1.42 bits per heavy atom. The van der Waals surface area contributed by atoms with E-state index in [0.717, 1.165) is 62.3 Å². The molecule has 0 bridgehead atoms. The molecule has 4 nitrogen and oxygen atoms in total. The SMILES string of the molecule is c1ccc(-c2cc(-c3cccc(C4Cc5ccccc5S4)c3)cc(-c3cccc(-c4cccc(-c5nc(-c6ccccc6)nc(-c6ccccc6)n5)c4)c3)n2)cc1. The molecular weight excluding hydrogens is 713 g/mol. The summed E-state index contributed by atoms with van der Waals surface area (Å²) < 4.78 is 0. The quantitative estimate of drug-likeness (QED) is 0.155. The van der Waals surface area contributed by atoms with Crippen molar-refractivity contribution in [3.05, 3.63) is 211 Å². The van der Waals surface area contributed by atoms with E-state index in [-0.39, 0.29) is 0 Å². The van der Waals surface area contributed by atoms with Crippen LogP contribution in [0.25, 0.3) is 78.9 Å². The maximum atomic E-state index is 5.27. The average Bonchev–Trinajstić information content (AvgIpc) is 3.75. The zero-order valence-electron chi connectivity index (χ0n) is 31.0. The monoisotopic (exact) mass is 748 g/mol. The number of rotatable bonds is 8. The third kappa shape index (κ3) is 7.29. The summed E-state index contributed by atoms with van der Waals surface area (Å²) in [6.07, 6.45) is 1.05. The largest absolute Gasteiger partial charge is 0.248 e. The number of aromatic nitrogens is 4. The zero-order valence-corrected chi connectivity index (χ0v) is 31.9. The Bertz CT molecular complexity index is 2780. The number of hydrogen-bond acceptors (Lipinski definition) is 5. The number of hydrogen-bond donors (Lipinski definition) is 0. The molecule has 1 aliphatic heterocycles. The fourth-order valence-electron chi connectivity index (χ4n) is 7.52. The van der Waals surface area contributed by atoms with Crippen molar-refractivity contribution < 1.29 is 0 Å². The number of thioether (sulfide) groups is 1. The molecule has 0 fully saturated rings. The highest BCUT2D eigenvalue weighted by Crippen LogP contribution is 2.47. The van der Waals surface area contributed by atoms with E-state index in [1.54, 1.807) is 0 Å². The predicted octanol–water partition coefficient (Wildman–Crippen LogP) is 13.3. The van der Waals surface area contributed by atoms with Gasteiger partial charge in [-0.3, -0.25) is 0 Å². The highest BCUT2D eigenvalue weighted by molar-refractivity contribution is 7.99. The highest BCUT2D eigenvalue weighted by atomic mass is 32.2. The molecule has 270 valence electrons. The van der Waals surface area contributed by atoms with Crippen molar-refractivity contribution in [3.8, 4) is 78.9 Å². The summed E-state index contributed by atoms with van der Waals surface area (Å²) in [5.74, 6) is 1.92. The van der Waals surface area contributed by atoms with E-state index in [2.05, 4.69) is 140 Å². The van der Waals surface area contributed by atoms with Crippen molar-refractivity contribution in [1.29, 1.82) is 0 Å². The van der Waals surface area contributed by atoms with Crippen LogP contribution in [0.2, 0.25) is 0 Å². The van der Waals surface area contributed by atoms with Gasteiger partial charge >= 0.3 is 0 Å². The van der Waals surface area contributed by atoms with Crippen LogP contribution in [0, 0.1) is 0 Å². The van der Waals surface area contributed by atoms with Gasteiger partial charge in [0.2, 0.25) is 0 Å². The standard InChI is InChI=1S/C52H36N4S/c1-4-15-35(16-5-1)46-32-45(40-24-13-26-42(30-40)49-34-43-21-10-11-28-48(43)57-49)33-47(53-46)41-25-12-22-38(29-41)39-23-14-27-44(31-39)52-55-50(36-17-6-2-7-18-36)54-51(56-52)37-19-8-3-9-20-37/h1-33,49H,34H2. The van der Waals surface area contributed by atoms with Crippen molar-refractivity contribution in [2.24, 2.45) is 0 Å². The molecule has 1 unspecified atom stereocenters. The molecule has 57 heavy (non-hydrogen) atoms. The van der Waals surface area contributed by atoms with Crippen LogP contribution in [0.5, 0.6) is 0 Å². The van der Waals surface area contributed by atoms with E-state index in [4.69, 9.17) is 19.9 Å². The molecule has 0 saturated heterocycles. The molecule has 1 aliphatic rings. The highest BCUT2D eigenvalue weighted by Gasteiger charge is 2.24. The molecule has 0 aliphatic carbocycles. The number of fused-ring (bicyclic) bond motifs is 1. The zero-order chi connectivity index (χ0) is 38.0. The first-order valence-corrected chi connectivity index (χ1v) is 20.1. The number of pyridine rings is 1. The Morgan fingerprint density at radius 1 is 0.333 bits per heavy atom. The topological polar surface area (TPSA) is 51.6 Å². The van der Waals surface area contributed by atoms with Crippen molar-refractivity contribution in [2.45, 2.75) is 16.6 Å². The maximum absolute atomic E-state index is 5.27. The molecule has 0 amide bonds. The molecule has 10 rings (SSSR count). The lowest BCUT2D eigenvalue weighted by molar-refractivity contribution is 0.950. The molecule has 2 aromatic heterocycles. The van der Waals surface area contributed by atoms with Crippen molar-refractivity contribution in [1.82, 2.24) is 19.9 Å². The first-order valence-electron chi connectivity index (χ1n) is 19.2. The van der Waals surface area contributed by atoms with Crippen LogP contribution in [0.1, 0.15) is 16.4 Å². The Hall–Kier alpha value is -6.95. The van der Waals surface area contributed by atoms with E-state index < -0.39 is 0 Å². The lowest BCUT2D eigenvalue weighted by Gasteiger charge is -2.14. The van der Waals surface area contributed by atoms with Gasteiger partial charge in [-0.15, -0.1) is 11.8 Å². The second kappa shape index (κ2) is 15.3. The van der Waals surface area contributed by atoms with Gasteiger partial charge in [-0.25, -0.2) is 19.9 Å². The van der Waals surface area contributed by atoms with Crippen LogP contribution >= 0.6 is 11.8 Å². The van der Waals surface area contributed by atoms with Gasteiger partial charge in [0.1, 0.15) is 0 Å². The second-order valence-electron chi connectivity index (χ2n) is 14.2. The molecule has 0 N–H and O–H groups in total. The summed E-state index contributed by atoms with van der Waals surface area (Å²) in [5.41, 5.74) is 14.1. The van der Waals surface area contributed by atoms with Gasteiger partial charge in [0.25, 0.3) is 0 Å². The van der Waals surface area contributed by atoms with Crippen LogP contribution in [0.3, 0.4) is 0 Å². The number of nitrogens with zero attached hydrogens (tertiary/aromatic N) is 4. The van der Waals surface area contributed by atoms with Gasteiger partial charge in [-0.05, 0) is 70.1 Å². The first-order chi connectivity index (χ1) is 28.2. The summed E-state index contributed by atoms with van der Waals surface area (Å²) >= 11 is 1.97. The van der Waals surface area contributed by atoms with E-state index in [9.17, 15) is 0 Å². The lowest BCUT2D eigenvalue weighted by atomic mass is 9.95. The predicted molar refractivity (Wildman–Crippen MR) is 234 cm³/mol. The Balaban J connectivity index is 1.03. The third-order valence-corrected chi connectivity index (χ3v) is 11.8. The third-order valence-electron chi connectivity index (χ3n) is 10.4. The summed E-state index contributed by atoms with van der Waals surface area (Å²) in [6, 6.07) is 70.1.